The van der Waals surface area contributed by atoms with Gasteiger partial charge in [0.25, 0.3) is 0 Å². The molecule has 0 atom stereocenters. The lowest BCUT2D eigenvalue weighted by molar-refractivity contribution is -0.141. The topological polar surface area (TPSA) is 46.2 Å². The summed E-state index contributed by atoms with van der Waals surface area (Å²) in [6, 6.07) is 1.42. The van der Waals surface area contributed by atoms with Crippen molar-refractivity contribution in [2.45, 2.75) is 124 Å². The van der Waals surface area contributed by atoms with Crippen LogP contribution in [0.5, 0.6) is 0 Å². The summed E-state index contributed by atoms with van der Waals surface area (Å²) in [4.78, 5) is 5.10. The van der Waals surface area contributed by atoms with E-state index in [0.717, 1.165) is 69.3 Å². The van der Waals surface area contributed by atoms with Crippen molar-refractivity contribution in [1.82, 2.24) is 15.1 Å². The summed E-state index contributed by atoms with van der Waals surface area (Å²) in [7, 11) is 0. The molecular weight excluding hydrogens is 510 g/mol. The number of piperidine rings is 2. The second-order valence-corrected chi connectivity index (χ2v) is 15.2. The van der Waals surface area contributed by atoms with Gasteiger partial charge in [-0.25, -0.2) is 0 Å². The number of morpholine rings is 1. The normalized spacial score (nSPS) is 26.6. The quantitative estimate of drug-likeness (QED) is 0.412. The van der Waals surface area contributed by atoms with Crippen LogP contribution in [0.2, 0.25) is 0 Å². The average molecular weight is 580 g/mol. The minimum atomic E-state index is 0.308. The zero-order valence-electron chi connectivity index (χ0n) is 28.5. The summed E-state index contributed by atoms with van der Waals surface area (Å²) in [5.41, 5.74) is 0.911. The molecule has 5 heterocycles. The minimum absolute atomic E-state index is 0.308. The highest BCUT2D eigenvalue weighted by molar-refractivity contribution is 5.00. The van der Waals surface area contributed by atoms with E-state index in [0.29, 0.717) is 17.1 Å². The fraction of sp³-hybridized carbons (Fsp3) is 1.00. The van der Waals surface area contributed by atoms with Gasteiger partial charge in [-0.3, -0.25) is 4.90 Å². The maximum atomic E-state index is 5.72. The predicted molar refractivity (Wildman–Crippen MR) is 173 cm³/mol. The first-order valence-corrected chi connectivity index (χ1v) is 17.5. The van der Waals surface area contributed by atoms with Gasteiger partial charge >= 0.3 is 0 Å². The third-order valence-corrected chi connectivity index (χ3v) is 10.8. The van der Waals surface area contributed by atoms with Gasteiger partial charge in [0, 0.05) is 43.8 Å². The van der Waals surface area contributed by atoms with E-state index < -0.39 is 0 Å². The van der Waals surface area contributed by atoms with Crippen LogP contribution in [0.25, 0.3) is 0 Å². The molecule has 1 saturated carbocycles. The van der Waals surface area contributed by atoms with Gasteiger partial charge in [0.15, 0.2) is 0 Å². The molecule has 6 rings (SSSR count). The highest BCUT2D eigenvalue weighted by Gasteiger charge is 2.47. The van der Waals surface area contributed by atoms with Gasteiger partial charge in [-0.05, 0) is 129 Å². The Morgan fingerprint density at radius 3 is 1.54 bits per heavy atom. The Bertz CT molecular complexity index is 661. The fourth-order valence-electron chi connectivity index (χ4n) is 6.84. The van der Waals surface area contributed by atoms with Crippen molar-refractivity contribution in [2.75, 3.05) is 72.3 Å². The largest absolute Gasteiger partial charge is 0.381 e. The zero-order valence-corrected chi connectivity index (χ0v) is 28.5. The molecule has 2 spiro atoms. The number of nitrogens with zero attached hydrogens (tertiary/aromatic N) is 2. The Kier molecular flexibility index (Phi) is 14.9. The van der Waals surface area contributed by atoms with Crippen LogP contribution < -0.4 is 5.32 Å². The Labute approximate surface area is 255 Å². The summed E-state index contributed by atoms with van der Waals surface area (Å²) in [5, 5.41) is 3.37. The lowest BCUT2D eigenvalue weighted by Crippen LogP contribution is -2.52. The van der Waals surface area contributed by atoms with E-state index in [9.17, 15) is 0 Å². The van der Waals surface area contributed by atoms with Gasteiger partial charge in [0.2, 0.25) is 0 Å². The molecule has 6 aliphatic rings. The van der Waals surface area contributed by atoms with Crippen LogP contribution >= 0.6 is 0 Å². The number of ether oxygens (including phenoxy) is 3. The minimum Gasteiger partial charge on any atom is -0.381 e. The van der Waals surface area contributed by atoms with E-state index >= 15 is 0 Å². The van der Waals surface area contributed by atoms with E-state index in [1.807, 2.05) is 0 Å². The van der Waals surface area contributed by atoms with Crippen LogP contribution in [0.1, 0.15) is 107 Å². The Hall–Kier alpha value is -0.240. The maximum absolute atomic E-state index is 5.72. The summed E-state index contributed by atoms with van der Waals surface area (Å²) in [6.07, 6.45) is 10.6. The molecule has 1 N–H and O–H groups in total. The number of hydrogen-bond donors (Lipinski definition) is 1. The summed E-state index contributed by atoms with van der Waals surface area (Å²) < 4.78 is 16.3. The van der Waals surface area contributed by atoms with Crippen LogP contribution in [0.4, 0.5) is 0 Å². The third-order valence-electron chi connectivity index (χ3n) is 10.8. The van der Waals surface area contributed by atoms with Crippen LogP contribution in [-0.4, -0.2) is 99.8 Å². The molecule has 0 aromatic heterocycles. The maximum Gasteiger partial charge on any atom is 0.0811 e. The third kappa shape index (κ3) is 12.0. The Balaban J connectivity index is 0.000000152. The molecule has 0 unspecified atom stereocenters. The molecule has 1 aliphatic carbocycles. The lowest BCUT2D eigenvalue weighted by Gasteiger charge is -2.48. The van der Waals surface area contributed by atoms with Gasteiger partial charge in [0.05, 0.1) is 25.4 Å². The van der Waals surface area contributed by atoms with Crippen LogP contribution in [0.3, 0.4) is 0 Å². The van der Waals surface area contributed by atoms with Crippen LogP contribution in [0.15, 0.2) is 0 Å². The summed E-state index contributed by atoms with van der Waals surface area (Å²) >= 11 is 0. The molecule has 6 fully saturated rings. The SMILES string of the molecule is CC(C)C1CCNCC1.CC(C)C1CCOCC1.CC(C)N1CCC2(CC1)COC2.CC(C)N1CCOC2(CC2)C1. The van der Waals surface area contributed by atoms with Crippen molar-refractivity contribution in [1.29, 1.82) is 0 Å². The smallest absolute Gasteiger partial charge is 0.0811 e. The van der Waals surface area contributed by atoms with Crippen molar-refractivity contribution in [3.05, 3.63) is 0 Å². The Morgan fingerprint density at radius 2 is 1.15 bits per heavy atom. The first-order valence-electron chi connectivity index (χ1n) is 17.5. The highest BCUT2D eigenvalue weighted by Crippen LogP contribution is 2.42. The molecule has 0 aromatic rings. The van der Waals surface area contributed by atoms with Crippen molar-refractivity contribution in [2.24, 2.45) is 29.1 Å². The molecular formula is C35H69N3O3. The Morgan fingerprint density at radius 1 is 0.610 bits per heavy atom. The second-order valence-electron chi connectivity index (χ2n) is 15.2. The highest BCUT2D eigenvalue weighted by atomic mass is 16.5. The fourth-order valence-corrected chi connectivity index (χ4v) is 6.84. The average Bonchev–Trinajstić information content (AvgIpc) is 3.72. The number of nitrogens with one attached hydrogen (secondary N) is 1. The molecule has 242 valence electrons. The van der Waals surface area contributed by atoms with E-state index in [1.54, 1.807) is 0 Å². The van der Waals surface area contributed by atoms with Gasteiger partial charge in [-0.1, -0.05) is 27.7 Å². The lowest BCUT2D eigenvalue weighted by atomic mass is 9.76. The van der Waals surface area contributed by atoms with Crippen molar-refractivity contribution in [3.63, 3.8) is 0 Å². The van der Waals surface area contributed by atoms with Gasteiger partial charge in [-0.2, -0.15) is 0 Å². The molecule has 41 heavy (non-hydrogen) atoms. The zero-order chi connectivity index (χ0) is 29.9. The van der Waals surface area contributed by atoms with Crippen LogP contribution in [0, 0.1) is 29.1 Å². The first kappa shape index (κ1) is 35.2. The first-order chi connectivity index (χ1) is 19.5. The molecule has 5 saturated heterocycles. The molecule has 0 amide bonds. The number of likely N-dealkylation sites (tertiary alicyclic amines) is 1. The van der Waals surface area contributed by atoms with Gasteiger partial charge < -0.3 is 24.4 Å². The van der Waals surface area contributed by atoms with Gasteiger partial charge in [-0.15, -0.1) is 0 Å². The van der Waals surface area contributed by atoms with E-state index in [4.69, 9.17) is 14.2 Å². The molecule has 6 heteroatoms. The van der Waals surface area contributed by atoms with E-state index in [-0.39, 0.29) is 0 Å². The molecule has 6 nitrogen and oxygen atoms in total. The van der Waals surface area contributed by atoms with Crippen LogP contribution in [-0.2, 0) is 14.2 Å². The summed E-state index contributed by atoms with van der Waals surface area (Å²) in [5.74, 6) is 3.67. The standard InChI is InChI=1S/C10H19NO.C9H17NO.C8H17N.C8H16O/c1-9(2)11-5-3-10(4-6-11)7-12-8-10;1-8(2)10-5-6-11-9(7-10)3-4-9;2*1-7(2)8-3-5-9-6-4-8/h9H,3-8H2,1-2H3;8H,3-7H2,1-2H3;7-9H,3-6H2,1-2H3;7-8H,3-6H2,1-2H3. The van der Waals surface area contributed by atoms with Gasteiger partial charge in [0.1, 0.15) is 0 Å². The molecule has 0 aromatic carbocycles. The molecule has 0 bridgehead atoms. The number of hydrogen-bond acceptors (Lipinski definition) is 6. The second kappa shape index (κ2) is 17.3. The molecule has 0 radical (unpaired) electrons. The number of rotatable bonds is 4. The monoisotopic (exact) mass is 580 g/mol. The van der Waals surface area contributed by atoms with Crippen molar-refractivity contribution < 1.29 is 14.2 Å². The van der Waals surface area contributed by atoms with Crippen molar-refractivity contribution >= 4 is 0 Å². The van der Waals surface area contributed by atoms with Crippen molar-refractivity contribution in [3.8, 4) is 0 Å². The summed E-state index contributed by atoms with van der Waals surface area (Å²) in [6.45, 7) is 30.7. The molecule has 5 aliphatic heterocycles. The van der Waals surface area contributed by atoms with E-state index in [1.165, 1.54) is 84.1 Å². The predicted octanol–water partition coefficient (Wildman–Crippen LogP) is 6.48. The van der Waals surface area contributed by atoms with E-state index in [2.05, 4.69) is 70.5 Å².